The van der Waals surface area contributed by atoms with Crippen molar-refractivity contribution >= 4 is 10.9 Å². The third-order valence-electron chi connectivity index (χ3n) is 2.09. The van der Waals surface area contributed by atoms with Gasteiger partial charge in [0.15, 0.2) is 0 Å². The van der Waals surface area contributed by atoms with Crippen molar-refractivity contribution < 1.29 is 4.74 Å². The number of hydrogen-bond acceptors (Lipinski definition) is 3. The van der Waals surface area contributed by atoms with Gasteiger partial charge in [0.1, 0.15) is 5.75 Å². The first-order chi connectivity index (χ1) is 6.86. The molecule has 2 aromatic rings. The van der Waals surface area contributed by atoms with Gasteiger partial charge >= 0.3 is 0 Å². The predicted molar refractivity (Wildman–Crippen MR) is 52.0 cm³/mol. The maximum absolute atomic E-state index is 8.62. The molecule has 0 aliphatic carbocycles. The Balaban J connectivity index is 2.69. The van der Waals surface area contributed by atoms with Crippen LogP contribution in [0, 0.1) is 11.3 Å². The largest absolute Gasteiger partial charge is 0.496 e. The Morgan fingerprint density at radius 2 is 2.43 bits per heavy atom. The first kappa shape index (κ1) is 8.57. The van der Waals surface area contributed by atoms with E-state index in [1.165, 1.54) is 0 Å². The van der Waals surface area contributed by atoms with E-state index in [1.54, 1.807) is 7.11 Å². The lowest BCUT2D eigenvalue weighted by Gasteiger charge is -2.00. The second kappa shape index (κ2) is 3.38. The highest BCUT2D eigenvalue weighted by Crippen LogP contribution is 2.26. The van der Waals surface area contributed by atoms with Crippen LogP contribution < -0.4 is 4.74 Å². The van der Waals surface area contributed by atoms with E-state index in [0.29, 0.717) is 6.42 Å². The summed E-state index contributed by atoms with van der Waals surface area (Å²) >= 11 is 0. The van der Waals surface area contributed by atoms with E-state index in [4.69, 9.17) is 10.00 Å². The molecule has 0 spiro atoms. The van der Waals surface area contributed by atoms with Crippen molar-refractivity contribution in [2.75, 3.05) is 7.11 Å². The van der Waals surface area contributed by atoms with Crippen molar-refractivity contribution in [3.05, 3.63) is 23.9 Å². The molecule has 0 aliphatic rings. The van der Waals surface area contributed by atoms with Gasteiger partial charge in [-0.1, -0.05) is 6.07 Å². The van der Waals surface area contributed by atoms with E-state index in [-0.39, 0.29) is 0 Å². The molecule has 1 aromatic carbocycles. The van der Waals surface area contributed by atoms with Gasteiger partial charge in [-0.15, -0.1) is 0 Å². The summed E-state index contributed by atoms with van der Waals surface area (Å²) in [6, 6.07) is 7.70. The van der Waals surface area contributed by atoms with Gasteiger partial charge in [0.25, 0.3) is 0 Å². The molecule has 0 radical (unpaired) electrons. The minimum absolute atomic E-state index is 0.316. The van der Waals surface area contributed by atoms with Gasteiger partial charge in [0, 0.05) is 0 Å². The van der Waals surface area contributed by atoms with Crippen molar-refractivity contribution in [2.24, 2.45) is 0 Å². The van der Waals surface area contributed by atoms with Crippen LogP contribution in [0.2, 0.25) is 0 Å². The molecule has 0 amide bonds. The van der Waals surface area contributed by atoms with E-state index >= 15 is 0 Å². The molecule has 0 atom stereocenters. The Hall–Kier alpha value is -2.02. The normalized spacial score (nSPS) is 10.0. The number of nitrogens with zero attached hydrogens (tertiary/aromatic N) is 2. The number of benzene rings is 1. The van der Waals surface area contributed by atoms with Crippen LogP contribution >= 0.6 is 0 Å². The standard InChI is InChI=1S/C10H9N3O/c1-14-9-4-2-3-7-10(9)8(5-6-11)13-12-7/h2-4H,5H2,1H3,(H,12,13). The maximum atomic E-state index is 8.62. The lowest BCUT2D eigenvalue weighted by molar-refractivity contribution is 0.419. The molecule has 2 rings (SSSR count). The summed E-state index contributed by atoms with van der Waals surface area (Å²) in [6.45, 7) is 0. The number of nitriles is 1. The molecule has 0 unspecified atom stereocenters. The Morgan fingerprint density at radius 1 is 1.57 bits per heavy atom. The molecule has 70 valence electrons. The summed E-state index contributed by atoms with van der Waals surface area (Å²) in [6.07, 6.45) is 0.316. The predicted octanol–water partition coefficient (Wildman–Crippen LogP) is 1.64. The second-order valence-electron chi connectivity index (χ2n) is 2.89. The van der Waals surface area contributed by atoms with Gasteiger partial charge < -0.3 is 4.74 Å². The van der Waals surface area contributed by atoms with Crippen molar-refractivity contribution in [2.45, 2.75) is 6.42 Å². The number of aromatic nitrogens is 2. The van der Waals surface area contributed by atoms with Crippen molar-refractivity contribution in [1.82, 2.24) is 10.2 Å². The van der Waals surface area contributed by atoms with E-state index in [0.717, 1.165) is 22.3 Å². The molecule has 1 aromatic heterocycles. The first-order valence-electron chi connectivity index (χ1n) is 4.23. The van der Waals surface area contributed by atoms with Crippen LogP contribution in [-0.4, -0.2) is 17.3 Å². The monoisotopic (exact) mass is 187 g/mol. The minimum atomic E-state index is 0.316. The molecule has 0 aliphatic heterocycles. The van der Waals surface area contributed by atoms with Gasteiger partial charge in [-0.2, -0.15) is 10.4 Å². The highest BCUT2D eigenvalue weighted by molar-refractivity contribution is 5.87. The zero-order valence-corrected chi connectivity index (χ0v) is 7.74. The highest BCUT2D eigenvalue weighted by Gasteiger charge is 2.09. The fourth-order valence-corrected chi connectivity index (χ4v) is 1.48. The van der Waals surface area contributed by atoms with Gasteiger partial charge in [0.05, 0.1) is 36.2 Å². The number of rotatable bonds is 2. The van der Waals surface area contributed by atoms with E-state index in [2.05, 4.69) is 16.3 Å². The van der Waals surface area contributed by atoms with E-state index in [1.807, 2.05) is 18.2 Å². The third kappa shape index (κ3) is 1.19. The number of H-pyrrole nitrogens is 1. The summed E-state index contributed by atoms with van der Waals surface area (Å²) < 4.78 is 5.20. The van der Waals surface area contributed by atoms with E-state index < -0.39 is 0 Å². The molecule has 14 heavy (non-hydrogen) atoms. The SMILES string of the molecule is COc1cccc2n[nH]c(CC#N)c12. The highest BCUT2D eigenvalue weighted by atomic mass is 16.5. The zero-order chi connectivity index (χ0) is 9.97. The topological polar surface area (TPSA) is 61.7 Å². The van der Waals surface area contributed by atoms with Crippen LogP contribution in [0.3, 0.4) is 0 Å². The molecule has 1 heterocycles. The van der Waals surface area contributed by atoms with Gasteiger partial charge in [-0.25, -0.2) is 0 Å². The molecule has 0 saturated carbocycles. The summed E-state index contributed by atoms with van der Waals surface area (Å²) in [4.78, 5) is 0. The van der Waals surface area contributed by atoms with Crippen LogP contribution in [-0.2, 0) is 6.42 Å². The molecule has 1 N–H and O–H groups in total. The third-order valence-corrected chi connectivity index (χ3v) is 2.09. The Bertz CT molecular complexity index is 496. The maximum Gasteiger partial charge on any atom is 0.130 e. The minimum Gasteiger partial charge on any atom is -0.496 e. The van der Waals surface area contributed by atoms with E-state index in [9.17, 15) is 0 Å². The number of fused-ring (bicyclic) bond motifs is 1. The number of methoxy groups -OCH3 is 1. The fraction of sp³-hybridized carbons (Fsp3) is 0.200. The average molecular weight is 187 g/mol. The number of aromatic amines is 1. The lowest BCUT2D eigenvalue weighted by atomic mass is 10.1. The molecular formula is C10H9N3O. The molecule has 4 heteroatoms. The smallest absolute Gasteiger partial charge is 0.130 e. The molecule has 0 saturated heterocycles. The number of nitrogens with one attached hydrogen (secondary N) is 1. The summed E-state index contributed by atoms with van der Waals surface area (Å²) in [7, 11) is 1.61. The first-order valence-corrected chi connectivity index (χ1v) is 4.23. The molecule has 0 fully saturated rings. The van der Waals surface area contributed by atoms with Gasteiger partial charge in [0.2, 0.25) is 0 Å². The fourth-order valence-electron chi connectivity index (χ4n) is 1.48. The van der Waals surface area contributed by atoms with Crippen LogP contribution in [0.25, 0.3) is 10.9 Å². The second-order valence-corrected chi connectivity index (χ2v) is 2.89. The zero-order valence-electron chi connectivity index (χ0n) is 7.74. The molecule has 4 nitrogen and oxygen atoms in total. The van der Waals surface area contributed by atoms with Crippen LogP contribution in [0.4, 0.5) is 0 Å². The van der Waals surface area contributed by atoms with Crippen LogP contribution in [0.1, 0.15) is 5.69 Å². The van der Waals surface area contributed by atoms with Crippen molar-refractivity contribution in [1.29, 1.82) is 5.26 Å². The lowest BCUT2D eigenvalue weighted by Crippen LogP contribution is -1.87. The summed E-state index contributed by atoms with van der Waals surface area (Å²) in [5, 5.41) is 16.4. The van der Waals surface area contributed by atoms with Crippen LogP contribution in [0.5, 0.6) is 5.75 Å². The Morgan fingerprint density at radius 3 is 3.14 bits per heavy atom. The molecular weight excluding hydrogens is 178 g/mol. The Labute approximate surface area is 81.1 Å². The van der Waals surface area contributed by atoms with Gasteiger partial charge in [-0.05, 0) is 12.1 Å². The van der Waals surface area contributed by atoms with Gasteiger partial charge in [-0.3, -0.25) is 5.10 Å². The average Bonchev–Trinajstić information content (AvgIpc) is 2.62. The number of hydrogen-bond donors (Lipinski definition) is 1. The van der Waals surface area contributed by atoms with Crippen molar-refractivity contribution in [3.8, 4) is 11.8 Å². The number of ether oxygens (including phenoxy) is 1. The Kier molecular flexibility index (Phi) is 2.07. The summed E-state index contributed by atoms with van der Waals surface area (Å²) in [5.74, 6) is 0.751. The molecule has 0 bridgehead atoms. The van der Waals surface area contributed by atoms with Crippen molar-refractivity contribution in [3.63, 3.8) is 0 Å². The summed E-state index contributed by atoms with van der Waals surface area (Å²) in [5.41, 5.74) is 1.63. The quantitative estimate of drug-likeness (QED) is 0.777. The van der Waals surface area contributed by atoms with Crippen LogP contribution in [0.15, 0.2) is 18.2 Å².